The summed E-state index contributed by atoms with van der Waals surface area (Å²) in [7, 11) is -9.17. The Morgan fingerprint density at radius 1 is 0.913 bits per heavy atom. The van der Waals surface area contributed by atoms with Crippen molar-refractivity contribution in [3.05, 3.63) is 54.1 Å². The first-order valence-electron chi connectivity index (χ1n) is 6.83. The van der Waals surface area contributed by atoms with E-state index in [4.69, 9.17) is 4.74 Å². The Hall–Kier alpha value is -2.06. The number of rotatable bonds is 6. The molecule has 0 aliphatic rings. The molecule has 6 nitrogen and oxygen atoms in total. The molecule has 0 aliphatic carbocycles. The van der Waals surface area contributed by atoms with Crippen LogP contribution in [-0.4, -0.2) is 23.4 Å². The molecule has 8 heteroatoms. The Bertz CT molecular complexity index is 870. The van der Waals surface area contributed by atoms with E-state index in [0.29, 0.717) is 12.4 Å². The largest absolute Gasteiger partial charge is 0.494 e. The van der Waals surface area contributed by atoms with Crippen LogP contribution in [0.25, 0.3) is 0 Å². The summed E-state index contributed by atoms with van der Waals surface area (Å²) in [5.74, 6) is 0.567. The first kappa shape index (κ1) is 17.3. The highest BCUT2D eigenvalue weighted by molar-refractivity contribution is 8.67. The topological polar surface area (TPSA) is 89.5 Å². The lowest BCUT2D eigenvalue weighted by Gasteiger charge is -2.10. The standard InChI is InChI=1S/C15H17NO5S2/c1-3-21-14-8-6-13(7-9-14)16-23(19,20)22(17,18)15-10-4-12(2)5-11-15/h4-11,16H,3H2,1-2H3. The van der Waals surface area contributed by atoms with Gasteiger partial charge in [0.15, 0.2) is 0 Å². The summed E-state index contributed by atoms with van der Waals surface area (Å²) in [6.07, 6.45) is 0. The van der Waals surface area contributed by atoms with Crippen molar-refractivity contribution in [2.75, 3.05) is 11.3 Å². The lowest BCUT2D eigenvalue weighted by molar-refractivity contribution is 0.340. The molecule has 0 unspecified atom stereocenters. The highest BCUT2D eigenvalue weighted by Gasteiger charge is 2.31. The third-order valence-corrected chi connectivity index (χ3v) is 7.48. The molecule has 0 aromatic heterocycles. The number of hydrogen-bond acceptors (Lipinski definition) is 5. The Kier molecular flexibility index (Phi) is 4.96. The normalized spacial score (nSPS) is 11.9. The third kappa shape index (κ3) is 3.83. The zero-order valence-electron chi connectivity index (χ0n) is 12.7. The molecular weight excluding hydrogens is 338 g/mol. The zero-order chi connectivity index (χ0) is 17.1. The maximum absolute atomic E-state index is 12.3. The summed E-state index contributed by atoms with van der Waals surface area (Å²) in [5.41, 5.74) is 0.977. The SMILES string of the molecule is CCOc1ccc(NS(=O)(=O)S(=O)(=O)c2ccc(C)cc2)cc1. The average Bonchev–Trinajstić information content (AvgIpc) is 2.49. The minimum absolute atomic E-state index is 0.143. The molecule has 0 fully saturated rings. The molecule has 0 radical (unpaired) electrons. The van der Waals surface area contributed by atoms with Crippen molar-refractivity contribution in [3.8, 4) is 5.75 Å². The Morgan fingerprint density at radius 2 is 1.48 bits per heavy atom. The summed E-state index contributed by atoms with van der Waals surface area (Å²) in [6, 6.07) is 11.6. The van der Waals surface area contributed by atoms with Gasteiger partial charge in [0.1, 0.15) is 5.75 Å². The van der Waals surface area contributed by atoms with E-state index >= 15 is 0 Å². The molecule has 2 aromatic carbocycles. The highest BCUT2D eigenvalue weighted by atomic mass is 33.2. The molecular formula is C15H17NO5S2. The Balaban J connectivity index is 2.28. The number of aryl methyl sites for hydroxylation is 1. The summed E-state index contributed by atoms with van der Waals surface area (Å²) in [5, 5.41) is 0. The van der Waals surface area contributed by atoms with Crippen LogP contribution in [0, 0.1) is 6.92 Å². The van der Waals surface area contributed by atoms with Gasteiger partial charge < -0.3 is 4.74 Å². The van der Waals surface area contributed by atoms with Crippen molar-refractivity contribution in [3.63, 3.8) is 0 Å². The van der Waals surface area contributed by atoms with Gasteiger partial charge in [0.05, 0.1) is 11.5 Å². The fraction of sp³-hybridized carbons (Fsp3) is 0.200. The summed E-state index contributed by atoms with van der Waals surface area (Å²) >= 11 is 0. The third-order valence-electron chi connectivity index (χ3n) is 3.01. The van der Waals surface area contributed by atoms with Gasteiger partial charge in [0.2, 0.25) is 0 Å². The Morgan fingerprint density at radius 3 is 2.00 bits per heavy atom. The van der Waals surface area contributed by atoms with E-state index in [1.54, 1.807) is 31.2 Å². The minimum Gasteiger partial charge on any atom is -0.494 e. The van der Waals surface area contributed by atoms with Gasteiger partial charge in [-0.15, -0.1) is 0 Å². The van der Waals surface area contributed by atoms with Gasteiger partial charge in [-0.25, -0.2) is 8.42 Å². The number of benzene rings is 2. The molecule has 0 heterocycles. The van der Waals surface area contributed by atoms with Crippen molar-refractivity contribution < 1.29 is 21.6 Å². The number of ether oxygens (including phenoxy) is 1. The average molecular weight is 355 g/mol. The van der Waals surface area contributed by atoms with E-state index in [1.165, 1.54) is 24.3 Å². The molecule has 0 amide bonds. The van der Waals surface area contributed by atoms with Crippen LogP contribution in [0.4, 0.5) is 5.69 Å². The maximum atomic E-state index is 12.3. The van der Waals surface area contributed by atoms with Gasteiger partial charge in [-0.2, -0.15) is 8.42 Å². The van der Waals surface area contributed by atoms with Crippen molar-refractivity contribution in [1.29, 1.82) is 0 Å². The smallest absolute Gasteiger partial charge is 0.343 e. The molecule has 0 aliphatic heterocycles. The molecule has 0 atom stereocenters. The fourth-order valence-electron chi connectivity index (χ4n) is 1.82. The van der Waals surface area contributed by atoms with Crippen molar-refractivity contribution in [2.24, 2.45) is 0 Å². The van der Waals surface area contributed by atoms with E-state index < -0.39 is 17.9 Å². The lowest BCUT2D eigenvalue weighted by atomic mass is 10.2. The van der Waals surface area contributed by atoms with E-state index in [2.05, 4.69) is 4.72 Å². The van der Waals surface area contributed by atoms with E-state index in [9.17, 15) is 16.8 Å². The van der Waals surface area contributed by atoms with Crippen LogP contribution in [0.2, 0.25) is 0 Å². The highest BCUT2D eigenvalue weighted by Crippen LogP contribution is 2.22. The van der Waals surface area contributed by atoms with E-state index in [1.807, 2.05) is 6.92 Å². The predicted octanol–water partition coefficient (Wildman–Crippen LogP) is 2.52. The quantitative estimate of drug-likeness (QED) is 0.804. The molecule has 1 N–H and O–H groups in total. The predicted molar refractivity (Wildman–Crippen MR) is 88.5 cm³/mol. The molecule has 124 valence electrons. The summed E-state index contributed by atoms with van der Waals surface area (Å²) in [4.78, 5) is -0.276. The van der Waals surface area contributed by atoms with Crippen LogP contribution in [-0.2, 0) is 17.9 Å². The molecule has 2 rings (SSSR count). The van der Waals surface area contributed by atoms with Gasteiger partial charge in [-0.1, -0.05) is 17.7 Å². The van der Waals surface area contributed by atoms with E-state index in [-0.39, 0.29) is 10.6 Å². The van der Waals surface area contributed by atoms with Crippen LogP contribution in [0.15, 0.2) is 53.4 Å². The second kappa shape index (κ2) is 6.59. The van der Waals surface area contributed by atoms with Crippen LogP contribution in [0.5, 0.6) is 5.75 Å². The molecule has 0 saturated heterocycles. The van der Waals surface area contributed by atoms with Crippen molar-refractivity contribution in [2.45, 2.75) is 18.7 Å². The second-order valence-corrected chi connectivity index (χ2v) is 9.91. The lowest BCUT2D eigenvalue weighted by Crippen LogP contribution is -2.23. The molecule has 0 spiro atoms. The summed E-state index contributed by atoms with van der Waals surface area (Å²) < 4.78 is 56.2. The van der Waals surface area contributed by atoms with Gasteiger partial charge >= 0.3 is 9.06 Å². The fourth-order valence-corrected chi connectivity index (χ4v) is 4.79. The molecule has 0 saturated carbocycles. The van der Waals surface area contributed by atoms with Crippen LogP contribution in [0.3, 0.4) is 0 Å². The number of nitrogens with one attached hydrogen (secondary N) is 1. The van der Waals surface area contributed by atoms with Gasteiger partial charge in [-0.05, 0) is 50.2 Å². The van der Waals surface area contributed by atoms with Gasteiger partial charge in [-0.3, -0.25) is 4.72 Å². The number of hydrogen-bond donors (Lipinski definition) is 1. The first-order valence-corrected chi connectivity index (χ1v) is 10.3. The van der Waals surface area contributed by atoms with Crippen molar-refractivity contribution in [1.82, 2.24) is 0 Å². The molecule has 23 heavy (non-hydrogen) atoms. The Labute approximate surface area is 135 Å². The summed E-state index contributed by atoms with van der Waals surface area (Å²) in [6.45, 7) is 4.08. The van der Waals surface area contributed by atoms with Crippen LogP contribution >= 0.6 is 0 Å². The van der Waals surface area contributed by atoms with Crippen LogP contribution < -0.4 is 9.46 Å². The van der Waals surface area contributed by atoms with Gasteiger partial charge in [0, 0.05) is 5.69 Å². The van der Waals surface area contributed by atoms with Crippen LogP contribution in [0.1, 0.15) is 12.5 Å². The minimum atomic E-state index is -4.62. The first-order chi connectivity index (χ1) is 10.8. The maximum Gasteiger partial charge on any atom is 0.343 e. The number of anilines is 1. The monoisotopic (exact) mass is 355 g/mol. The zero-order valence-corrected chi connectivity index (χ0v) is 14.3. The second-order valence-electron chi connectivity index (χ2n) is 4.78. The van der Waals surface area contributed by atoms with Gasteiger partial charge in [0.25, 0.3) is 8.87 Å². The molecule has 0 bridgehead atoms. The van der Waals surface area contributed by atoms with Crippen molar-refractivity contribution >= 4 is 23.6 Å². The van der Waals surface area contributed by atoms with E-state index in [0.717, 1.165) is 5.56 Å². The molecule has 2 aromatic rings.